The summed E-state index contributed by atoms with van der Waals surface area (Å²) in [5, 5.41) is 14.4. The molecule has 1 unspecified atom stereocenters. The van der Waals surface area contributed by atoms with Gasteiger partial charge in [0.15, 0.2) is 0 Å². The topological polar surface area (TPSA) is 98.7 Å². The molecule has 1 fully saturated rings. The lowest BCUT2D eigenvalue weighted by Crippen LogP contribution is -2.59. The van der Waals surface area contributed by atoms with Crippen LogP contribution >= 0.6 is 0 Å². The quantitative estimate of drug-likeness (QED) is 0.717. The van der Waals surface area contributed by atoms with Crippen molar-refractivity contribution >= 4 is 17.9 Å². The van der Waals surface area contributed by atoms with E-state index in [1.165, 1.54) is 11.9 Å². The largest absolute Gasteiger partial charge is 0.480 e. The third kappa shape index (κ3) is 4.34. The number of likely N-dealkylation sites (tertiary alicyclic amines) is 1. The van der Waals surface area contributed by atoms with Crippen molar-refractivity contribution in [1.29, 1.82) is 0 Å². The summed E-state index contributed by atoms with van der Waals surface area (Å²) in [6.45, 7) is 5.70. The first kappa shape index (κ1) is 17.3. The van der Waals surface area contributed by atoms with Gasteiger partial charge in [-0.1, -0.05) is 20.8 Å². The standard InChI is InChI=1S/C14H25N3O4/c1-14(2,3)10(12(19)20)16-13(21)17-8-6-5-7-9(17)11(18)15-4/h9-10H,5-8H2,1-4H3,(H,15,18)(H,16,21)(H,19,20)/t9?,10-/m0/s1. The van der Waals surface area contributed by atoms with Gasteiger partial charge in [-0.3, -0.25) is 4.79 Å². The third-order valence-corrected chi connectivity index (χ3v) is 3.69. The number of amides is 3. The maximum absolute atomic E-state index is 12.4. The van der Waals surface area contributed by atoms with Crippen molar-refractivity contribution in [3.63, 3.8) is 0 Å². The van der Waals surface area contributed by atoms with Crippen LogP contribution in [0.2, 0.25) is 0 Å². The highest BCUT2D eigenvalue weighted by atomic mass is 16.4. The van der Waals surface area contributed by atoms with E-state index in [-0.39, 0.29) is 5.91 Å². The average molecular weight is 299 g/mol. The second-order valence-electron chi connectivity index (χ2n) is 6.41. The summed E-state index contributed by atoms with van der Waals surface area (Å²) in [7, 11) is 1.53. The van der Waals surface area contributed by atoms with E-state index in [9.17, 15) is 19.5 Å². The number of urea groups is 1. The van der Waals surface area contributed by atoms with Crippen LogP contribution in [0.3, 0.4) is 0 Å². The zero-order chi connectivity index (χ0) is 16.2. The van der Waals surface area contributed by atoms with E-state index in [1.54, 1.807) is 20.8 Å². The Morgan fingerprint density at radius 1 is 1.24 bits per heavy atom. The van der Waals surface area contributed by atoms with Gasteiger partial charge >= 0.3 is 12.0 Å². The molecule has 0 aromatic rings. The molecule has 0 bridgehead atoms. The highest BCUT2D eigenvalue weighted by Crippen LogP contribution is 2.22. The summed E-state index contributed by atoms with van der Waals surface area (Å²) in [5.74, 6) is -1.29. The number of likely N-dealkylation sites (N-methyl/N-ethyl adjacent to an activating group) is 1. The van der Waals surface area contributed by atoms with Crippen LogP contribution in [0.25, 0.3) is 0 Å². The van der Waals surface area contributed by atoms with Crippen LogP contribution in [0.15, 0.2) is 0 Å². The Morgan fingerprint density at radius 3 is 2.33 bits per heavy atom. The fourth-order valence-corrected chi connectivity index (χ4v) is 2.47. The van der Waals surface area contributed by atoms with Crippen LogP contribution in [0.1, 0.15) is 40.0 Å². The van der Waals surface area contributed by atoms with E-state index >= 15 is 0 Å². The van der Waals surface area contributed by atoms with E-state index < -0.39 is 29.5 Å². The molecule has 21 heavy (non-hydrogen) atoms. The van der Waals surface area contributed by atoms with Gasteiger partial charge in [-0.2, -0.15) is 0 Å². The Kier molecular flexibility index (Phi) is 5.57. The number of nitrogens with zero attached hydrogens (tertiary/aromatic N) is 1. The van der Waals surface area contributed by atoms with Crippen LogP contribution in [0, 0.1) is 5.41 Å². The molecule has 1 saturated heterocycles. The smallest absolute Gasteiger partial charge is 0.326 e. The molecule has 0 aromatic carbocycles. The Morgan fingerprint density at radius 2 is 1.86 bits per heavy atom. The minimum atomic E-state index is -1.08. The summed E-state index contributed by atoms with van der Waals surface area (Å²) in [5.41, 5.74) is -0.611. The SMILES string of the molecule is CNC(=O)C1CCCCN1C(=O)N[C@@H](C(=O)O)C(C)(C)C. The summed E-state index contributed by atoms with van der Waals surface area (Å²) in [6.07, 6.45) is 2.29. The first-order chi connectivity index (χ1) is 9.68. The van der Waals surface area contributed by atoms with E-state index in [0.29, 0.717) is 13.0 Å². The van der Waals surface area contributed by atoms with E-state index in [0.717, 1.165) is 12.8 Å². The first-order valence-corrected chi connectivity index (χ1v) is 7.20. The zero-order valence-electron chi connectivity index (χ0n) is 13.1. The van der Waals surface area contributed by atoms with Gasteiger partial charge in [0.05, 0.1) is 0 Å². The number of rotatable bonds is 3. The van der Waals surface area contributed by atoms with Crippen molar-refractivity contribution < 1.29 is 19.5 Å². The molecule has 3 N–H and O–H groups in total. The van der Waals surface area contributed by atoms with Crippen LogP contribution < -0.4 is 10.6 Å². The maximum Gasteiger partial charge on any atom is 0.326 e. The van der Waals surface area contributed by atoms with Crippen molar-refractivity contribution in [2.45, 2.75) is 52.1 Å². The molecular formula is C14H25N3O4. The van der Waals surface area contributed by atoms with Crippen LogP contribution in [0.4, 0.5) is 4.79 Å². The predicted octanol–water partition coefficient (Wildman–Crippen LogP) is 0.796. The molecule has 7 nitrogen and oxygen atoms in total. The number of aliphatic carboxylic acids is 1. The van der Waals surface area contributed by atoms with Gasteiger partial charge in [0, 0.05) is 13.6 Å². The Bertz CT molecular complexity index is 417. The molecule has 0 aromatic heterocycles. The first-order valence-electron chi connectivity index (χ1n) is 7.20. The lowest BCUT2D eigenvalue weighted by atomic mass is 9.87. The lowest BCUT2D eigenvalue weighted by Gasteiger charge is -2.36. The van der Waals surface area contributed by atoms with Crippen LogP contribution in [-0.2, 0) is 9.59 Å². The number of carboxylic acids is 1. The predicted molar refractivity (Wildman–Crippen MR) is 77.8 cm³/mol. The minimum Gasteiger partial charge on any atom is -0.480 e. The zero-order valence-corrected chi connectivity index (χ0v) is 13.1. The molecule has 0 aliphatic carbocycles. The second kappa shape index (κ2) is 6.78. The van der Waals surface area contributed by atoms with Gasteiger partial charge in [-0.05, 0) is 24.7 Å². The van der Waals surface area contributed by atoms with Gasteiger partial charge in [0.25, 0.3) is 0 Å². The second-order valence-corrected chi connectivity index (χ2v) is 6.41. The molecule has 0 saturated carbocycles. The fourth-order valence-electron chi connectivity index (χ4n) is 2.47. The van der Waals surface area contributed by atoms with Gasteiger partial charge < -0.3 is 20.6 Å². The van der Waals surface area contributed by atoms with E-state index in [4.69, 9.17) is 0 Å². The molecule has 1 heterocycles. The number of piperidine rings is 1. The van der Waals surface area contributed by atoms with E-state index in [2.05, 4.69) is 10.6 Å². The lowest BCUT2D eigenvalue weighted by molar-refractivity contribution is -0.142. The monoisotopic (exact) mass is 299 g/mol. The average Bonchev–Trinajstić information content (AvgIpc) is 2.42. The molecule has 120 valence electrons. The third-order valence-electron chi connectivity index (χ3n) is 3.69. The Labute approximate surface area is 125 Å². The van der Waals surface area contributed by atoms with Crippen LogP contribution in [0.5, 0.6) is 0 Å². The van der Waals surface area contributed by atoms with Gasteiger partial charge in [-0.25, -0.2) is 9.59 Å². The Balaban J connectivity index is 2.84. The molecule has 1 aliphatic rings. The fraction of sp³-hybridized carbons (Fsp3) is 0.786. The van der Waals surface area contributed by atoms with Gasteiger partial charge in [-0.15, -0.1) is 0 Å². The highest BCUT2D eigenvalue weighted by molar-refractivity contribution is 5.89. The number of hydrogen-bond acceptors (Lipinski definition) is 3. The number of carbonyl (C=O) groups excluding carboxylic acids is 2. The number of carbonyl (C=O) groups is 3. The van der Waals surface area contributed by atoms with Crippen molar-refractivity contribution in [2.75, 3.05) is 13.6 Å². The molecular weight excluding hydrogens is 274 g/mol. The van der Waals surface area contributed by atoms with Gasteiger partial charge in [0.1, 0.15) is 12.1 Å². The maximum atomic E-state index is 12.4. The number of hydrogen-bond donors (Lipinski definition) is 3. The minimum absolute atomic E-state index is 0.215. The van der Waals surface area contributed by atoms with Crippen molar-refractivity contribution in [1.82, 2.24) is 15.5 Å². The summed E-state index contributed by atoms with van der Waals surface area (Å²) >= 11 is 0. The molecule has 1 aliphatic heterocycles. The van der Waals surface area contributed by atoms with Crippen molar-refractivity contribution in [2.24, 2.45) is 5.41 Å². The Hall–Kier alpha value is -1.79. The van der Waals surface area contributed by atoms with Gasteiger partial charge in [0.2, 0.25) is 5.91 Å². The normalized spacial score (nSPS) is 20.6. The molecule has 3 amide bonds. The molecule has 1 rings (SSSR count). The summed E-state index contributed by atoms with van der Waals surface area (Å²) < 4.78 is 0. The number of carboxylic acid groups (broad SMARTS) is 1. The van der Waals surface area contributed by atoms with Crippen molar-refractivity contribution in [3.8, 4) is 0 Å². The van der Waals surface area contributed by atoms with E-state index in [1.807, 2.05) is 0 Å². The molecule has 0 radical (unpaired) electrons. The number of nitrogens with one attached hydrogen (secondary N) is 2. The molecule has 0 spiro atoms. The molecule has 2 atom stereocenters. The highest BCUT2D eigenvalue weighted by Gasteiger charge is 2.37. The van der Waals surface area contributed by atoms with Crippen LogP contribution in [-0.4, -0.2) is 53.6 Å². The van der Waals surface area contributed by atoms with Crippen molar-refractivity contribution in [3.05, 3.63) is 0 Å². The summed E-state index contributed by atoms with van der Waals surface area (Å²) in [6, 6.07) is -2.03. The molecule has 7 heteroatoms. The summed E-state index contributed by atoms with van der Waals surface area (Å²) in [4.78, 5) is 37.0.